The highest BCUT2D eigenvalue weighted by molar-refractivity contribution is 5.24. The van der Waals surface area contributed by atoms with Gasteiger partial charge in [-0.15, -0.1) is 0 Å². The summed E-state index contributed by atoms with van der Waals surface area (Å²) >= 11 is 0. The van der Waals surface area contributed by atoms with Crippen LogP contribution in [0.4, 0.5) is 0 Å². The van der Waals surface area contributed by atoms with Gasteiger partial charge in [-0.25, -0.2) is 0 Å². The van der Waals surface area contributed by atoms with Crippen LogP contribution in [0.2, 0.25) is 0 Å². The monoisotopic (exact) mass is 239 g/mol. The molecule has 0 saturated carbocycles. The van der Waals surface area contributed by atoms with Gasteiger partial charge >= 0.3 is 0 Å². The summed E-state index contributed by atoms with van der Waals surface area (Å²) in [7, 11) is 1.66. The van der Waals surface area contributed by atoms with E-state index < -0.39 is 0 Å². The smallest absolute Gasteiger partial charge is 0.0700 e. The van der Waals surface area contributed by atoms with Gasteiger partial charge in [-0.05, 0) is 30.5 Å². The van der Waals surface area contributed by atoms with Crippen LogP contribution < -0.4 is 11.3 Å². The number of nitrogens with two attached hydrogens (primary N) is 1. The molecule has 96 valence electrons. The number of pyridine rings is 1. The van der Waals surface area contributed by atoms with Gasteiger partial charge in [0.2, 0.25) is 0 Å². The quantitative estimate of drug-likeness (QED) is 0.401. The van der Waals surface area contributed by atoms with E-state index in [9.17, 15) is 0 Å². The number of hydrazine groups is 1. The van der Waals surface area contributed by atoms with Crippen LogP contribution >= 0.6 is 0 Å². The minimum atomic E-state index is 0.0752. The summed E-state index contributed by atoms with van der Waals surface area (Å²) in [5, 5.41) is 0. The number of nitrogens with one attached hydrogen (secondary N) is 1. The summed E-state index contributed by atoms with van der Waals surface area (Å²) in [6.07, 6.45) is 4.43. The molecule has 0 aliphatic heterocycles. The van der Waals surface area contributed by atoms with Crippen LogP contribution in [0.25, 0.3) is 0 Å². The molecular formula is C12H21N3O2. The SMILES string of the molecule is COCCOCCC(NN)c1cnccc1C. The van der Waals surface area contributed by atoms with E-state index >= 15 is 0 Å². The van der Waals surface area contributed by atoms with Gasteiger partial charge in [0.15, 0.2) is 0 Å². The van der Waals surface area contributed by atoms with Gasteiger partial charge < -0.3 is 9.47 Å². The van der Waals surface area contributed by atoms with Crippen molar-refractivity contribution in [3.05, 3.63) is 29.6 Å². The van der Waals surface area contributed by atoms with Crippen LogP contribution in [0, 0.1) is 6.92 Å². The van der Waals surface area contributed by atoms with Gasteiger partial charge in [0.25, 0.3) is 0 Å². The Bertz CT molecular complexity index is 320. The highest BCUT2D eigenvalue weighted by Gasteiger charge is 2.11. The molecule has 0 amide bonds. The summed E-state index contributed by atoms with van der Waals surface area (Å²) in [4.78, 5) is 4.12. The lowest BCUT2D eigenvalue weighted by Crippen LogP contribution is -2.29. The van der Waals surface area contributed by atoms with Crippen LogP contribution in [-0.2, 0) is 9.47 Å². The van der Waals surface area contributed by atoms with Crippen molar-refractivity contribution in [2.45, 2.75) is 19.4 Å². The Morgan fingerprint density at radius 1 is 1.41 bits per heavy atom. The fourth-order valence-electron chi connectivity index (χ4n) is 1.62. The van der Waals surface area contributed by atoms with Crippen LogP contribution in [0.15, 0.2) is 18.5 Å². The number of hydrogen-bond acceptors (Lipinski definition) is 5. The predicted octanol–water partition coefficient (Wildman–Crippen LogP) is 0.948. The maximum absolute atomic E-state index is 5.56. The fraction of sp³-hybridized carbons (Fsp3) is 0.583. The zero-order valence-corrected chi connectivity index (χ0v) is 10.5. The number of aromatic nitrogens is 1. The number of hydrogen-bond donors (Lipinski definition) is 2. The Morgan fingerprint density at radius 2 is 2.24 bits per heavy atom. The van der Waals surface area contributed by atoms with Gasteiger partial charge in [0, 0.05) is 32.2 Å². The molecule has 5 heteroatoms. The Hall–Kier alpha value is -1.01. The van der Waals surface area contributed by atoms with E-state index in [1.807, 2.05) is 19.2 Å². The minimum absolute atomic E-state index is 0.0752. The third-order valence-corrected chi connectivity index (χ3v) is 2.64. The van der Waals surface area contributed by atoms with Crippen molar-refractivity contribution in [1.29, 1.82) is 0 Å². The minimum Gasteiger partial charge on any atom is -0.382 e. The van der Waals surface area contributed by atoms with Crippen molar-refractivity contribution >= 4 is 0 Å². The number of nitrogens with zero attached hydrogens (tertiary/aromatic N) is 1. The predicted molar refractivity (Wildman–Crippen MR) is 66.4 cm³/mol. The van der Waals surface area contributed by atoms with Crippen LogP contribution in [-0.4, -0.2) is 31.9 Å². The van der Waals surface area contributed by atoms with E-state index in [0.29, 0.717) is 19.8 Å². The topological polar surface area (TPSA) is 69.4 Å². The summed E-state index contributed by atoms with van der Waals surface area (Å²) < 4.78 is 10.3. The third kappa shape index (κ3) is 4.79. The van der Waals surface area contributed by atoms with Gasteiger partial charge in [0.1, 0.15) is 0 Å². The van der Waals surface area contributed by atoms with E-state index in [1.54, 1.807) is 13.3 Å². The van der Waals surface area contributed by atoms with Crippen molar-refractivity contribution in [1.82, 2.24) is 10.4 Å². The molecule has 3 N–H and O–H groups in total. The van der Waals surface area contributed by atoms with Crippen molar-refractivity contribution in [3.63, 3.8) is 0 Å². The molecular weight excluding hydrogens is 218 g/mol. The molecule has 0 bridgehead atoms. The molecule has 0 radical (unpaired) electrons. The lowest BCUT2D eigenvalue weighted by Gasteiger charge is -2.17. The zero-order valence-electron chi connectivity index (χ0n) is 10.5. The molecule has 0 aromatic carbocycles. The van der Waals surface area contributed by atoms with Crippen LogP contribution in [0.5, 0.6) is 0 Å². The van der Waals surface area contributed by atoms with E-state index in [1.165, 1.54) is 5.56 Å². The largest absolute Gasteiger partial charge is 0.382 e. The van der Waals surface area contributed by atoms with E-state index in [4.69, 9.17) is 15.3 Å². The van der Waals surface area contributed by atoms with Crippen LogP contribution in [0.1, 0.15) is 23.6 Å². The molecule has 1 rings (SSSR count). The number of rotatable bonds is 8. The molecule has 0 aliphatic carbocycles. The first kappa shape index (κ1) is 14.1. The third-order valence-electron chi connectivity index (χ3n) is 2.64. The Balaban J connectivity index is 2.41. The van der Waals surface area contributed by atoms with Crippen molar-refractivity contribution in [2.75, 3.05) is 26.9 Å². The average molecular weight is 239 g/mol. The Morgan fingerprint density at radius 3 is 2.88 bits per heavy atom. The second-order valence-electron chi connectivity index (χ2n) is 3.85. The molecule has 1 aromatic rings. The second kappa shape index (κ2) is 8.14. The molecule has 5 nitrogen and oxygen atoms in total. The average Bonchev–Trinajstić information content (AvgIpc) is 2.35. The summed E-state index contributed by atoms with van der Waals surface area (Å²) in [6.45, 7) is 3.92. The molecule has 1 atom stereocenters. The first-order chi connectivity index (χ1) is 8.29. The molecule has 17 heavy (non-hydrogen) atoms. The maximum atomic E-state index is 5.56. The zero-order chi connectivity index (χ0) is 12.5. The number of methoxy groups -OCH3 is 1. The molecule has 1 aromatic heterocycles. The Kier molecular flexibility index (Phi) is 6.73. The maximum Gasteiger partial charge on any atom is 0.0700 e. The van der Waals surface area contributed by atoms with Gasteiger partial charge in [0.05, 0.1) is 13.2 Å². The van der Waals surface area contributed by atoms with Crippen molar-refractivity contribution < 1.29 is 9.47 Å². The summed E-state index contributed by atoms with van der Waals surface area (Å²) in [5.74, 6) is 5.56. The highest BCUT2D eigenvalue weighted by Crippen LogP contribution is 2.18. The van der Waals surface area contributed by atoms with Crippen molar-refractivity contribution in [3.8, 4) is 0 Å². The number of aryl methyl sites for hydroxylation is 1. The normalized spacial score (nSPS) is 12.6. The Labute approximate surface area is 102 Å². The molecule has 1 heterocycles. The standard InChI is InChI=1S/C12H21N3O2/c1-10-3-5-14-9-11(10)12(15-13)4-6-17-8-7-16-2/h3,5,9,12,15H,4,6-8,13H2,1-2H3. The van der Waals surface area contributed by atoms with Gasteiger partial charge in [-0.1, -0.05) is 0 Å². The molecule has 0 saturated heterocycles. The lowest BCUT2D eigenvalue weighted by atomic mass is 10.0. The second-order valence-corrected chi connectivity index (χ2v) is 3.85. The highest BCUT2D eigenvalue weighted by atomic mass is 16.5. The summed E-state index contributed by atoms with van der Waals surface area (Å²) in [6, 6.07) is 2.05. The van der Waals surface area contributed by atoms with E-state index in [2.05, 4.69) is 10.4 Å². The molecule has 0 aliphatic rings. The first-order valence-corrected chi connectivity index (χ1v) is 5.73. The van der Waals surface area contributed by atoms with E-state index in [0.717, 1.165) is 12.0 Å². The fourth-order valence-corrected chi connectivity index (χ4v) is 1.62. The molecule has 0 spiro atoms. The van der Waals surface area contributed by atoms with E-state index in [-0.39, 0.29) is 6.04 Å². The number of ether oxygens (including phenoxy) is 2. The van der Waals surface area contributed by atoms with Crippen LogP contribution in [0.3, 0.4) is 0 Å². The van der Waals surface area contributed by atoms with Crippen molar-refractivity contribution in [2.24, 2.45) is 5.84 Å². The molecule has 0 fully saturated rings. The molecule has 1 unspecified atom stereocenters. The lowest BCUT2D eigenvalue weighted by molar-refractivity contribution is 0.0657. The van der Waals surface area contributed by atoms with Gasteiger partial charge in [-0.2, -0.15) is 0 Å². The first-order valence-electron chi connectivity index (χ1n) is 5.73. The summed E-state index contributed by atoms with van der Waals surface area (Å²) in [5.41, 5.74) is 5.10. The van der Waals surface area contributed by atoms with Gasteiger partial charge in [-0.3, -0.25) is 16.3 Å².